The largest absolute Gasteiger partial charge is 0.497 e. The number of benzene rings is 2. The van der Waals surface area contributed by atoms with Crippen LogP contribution in [-0.2, 0) is 0 Å². The molecule has 0 atom stereocenters. The second kappa shape index (κ2) is 6.91. The summed E-state index contributed by atoms with van der Waals surface area (Å²) < 4.78 is 20.8. The van der Waals surface area contributed by atoms with Crippen LogP contribution in [0.4, 0.5) is 0 Å². The summed E-state index contributed by atoms with van der Waals surface area (Å²) in [5.74, 6) is 2.03. The summed E-state index contributed by atoms with van der Waals surface area (Å²) in [6.45, 7) is 0.213. The summed E-state index contributed by atoms with van der Waals surface area (Å²) in [5, 5.41) is 3.95. The highest BCUT2D eigenvalue weighted by Gasteiger charge is 2.12. The van der Waals surface area contributed by atoms with Gasteiger partial charge in [0.25, 0.3) is 5.91 Å². The van der Waals surface area contributed by atoms with Crippen molar-refractivity contribution in [2.24, 2.45) is 5.10 Å². The molecule has 1 aliphatic heterocycles. The Morgan fingerprint density at radius 2 is 1.79 bits per heavy atom. The molecule has 0 aliphatic carbocycles. The van der Waals surface area contributed by atoms with Crippen LogP contribution < -0.4 is 24.4 Å². The summed E-state index contributed by atoms with van der Waals surface area (Å²) in [7, 11) is 3.04. The lowest BCUT2D eigenvalue weighted by molar-refractivity contribution is 0.0954. The maximum absolute atomic E-state index is 12.2. The molecule has 0 aromatic heterocycles. The van der Waals surface area contributed by atoms with Gasteiger partial charge in [-0.1, -0.05) is 0 Å². The molecule has 7 heteroatoms. The van der Waals surface area contributed by atoms with Crippen molar-refractivity contribution in [3.63, 3.8) is 0 Å². The Kier molecular flexibility index (Phi) is 4.51. The number of carbonyl (C=O) groups excluding carboxylic acids is 1. The highest BCUT2D eigenvalue weighted by Crippen LogP contribution is 2.32. The Hall–Kier alpha value is -3.22. The summed E-state index contributed by atoms with van der Waals surface area (Å²) in [4.78, 5) is 12.2. The van der Waals surface area contributed by atoms with E-state index in [0.29, 0.717) is 28.6 Å². The van der Waals surface area contributed by atoms with Gasteiger partial charge in [0.15, 0.2) is 11.5 Å². The van der Waals surface area contributed by atoms with Gasteiger partial charge in [0, 0.05) is 11.6 Å². The predicted molar refractivity (Wildman–Crippen MR) is 87.2 cm³/mol. The van der Waals surface area contributed by atoms with Crippen LogP contribution in [0.15, 0.2) is 41.5 Å². The van der Waals surface area contributed by atoms with E-state index in [1.807, 2.05) is 6.07 Å². The fourth-order valence-electron chi connectivity index (χ4n) is 2.16. The van der Waals surface area contributed by atoms with E-state index in [0.717, 1.165) is 5.56 Å². The lowest BCUT2D eigenvalue weighted by atomic mass is 10.2. The van der Waals surface area contributed by atoms with Crippen LogP contribution in [-0.4, -0.2) is 33.1 Å². The van der Waals surface area contributed by atoms with Gasteiger partial charge in [-0.25, -0.2) is 5.43 Å². The van der Waals surface area contributed by atoms with E-state index in [2.05, 4.69) is 10.5 Å². The molecule has 0 radical (unpaired) electrons. The van der Waals surface area contributed by atoms with Gasteiger partial charge in [-0.2, -0.15) is 5.10 Å². The first-order valence-corrected chi connectivity index (χ1v) is 7.16. The number of nitrogens with zero attached hydrogens (tertiary/aromatic N) is 1. The number of carbonyl (C=O) groups is 1. The molecule has 2 aromatic rings. The molecule has 0 fully saturated rings. The van der Waals surface area contributed by atoms with E-state index in [4.69, 9.17) is 18.9 Å². The zero-order chi connectivity index (χ0) is 16.9. The number of hydrogen-bond donors (Lipinski definition) is 1. The van der Waals surface area contributed by atoms with Gasteiger partial charge < -0.3 is 18.9 Å². The Bertz CT molecular complexity index is 766. The lowest BCUT2D eigenvalue weighted by Crippen LogP contribution is -2.17. The molecule has 7 nitrogen and oxygen atoms in total. The standard InChI is InChI=1S/C17H16N2O5/c1-21-13-6-12(7-14(8-13)22-2)17(20)19-18-9-11-3-4-15-16(5-11)24-10-23-15/h3-9H,10H2,1-2H3,(H,19,20)/b18-9+. The van der Waals surface area contributed by atoms with Crippen molar-refractivity contribution >= 4 is 12.1 Å². The van der Waals surface area contributed by atoms with Gasteiger partial charge in [-0.05, 0) is 35.9 Å². The molecule has 0 unspecified atom stereocenters. The minimum Gasteiger partial charge on any atom is -0.497 e. The number of nitrogens with one attached hydrogen (secondary N) is 1. The average Bonchev–Trinajstić information content (AvgIpc) is 3.08. The highest BCUT2D eigenvalue weighted by molar-refractivity contribution is 5.95. The molecular weight excluding hydrogens is 312 g/mol. The van der Waals surface area contributed by atoms with Crippen LogP contribution >= 0.6 is 0 Å². The van der Waals surface area contributed by atoms with Gasteiger partial charge in [0.2, 0.25) is 6.79 Å². The van der Waals surface area contributed by atoms with Crippen molar-refractivity contribution in [1.29, 1.82) is 0 Å². The van der Waals surface area contributed by atoms with Crippen LogP contribution in [0.25, 0.3) is 0 Å². The number of amides is 1. The van der Waals surface area contributed by atoms with E-state index < -0.39 is 0 Å². The van der Waals surface area contributed by atoms with E-state index in [-0.39, 0.29) is 12.7 Å². The SMILES string of the molecule is COc1cc(OC)cc(C(=O)N/N=C/c2ccc3c(c2)OCO3)c1. The number of hydrogen-bond acceptors (Lipinski definition) is 6. The minimum absolute atomic E-state index is 0.213. The predicted octanol–water partition coefficient (Wildman–Crippen LogP) is 2.20. The van der Waals surface area contributed by atoms with Gasteiger partial charge in [-0.3, -0.25) is 4.79 Å². The molecular formula is C17H16N2O5. The second-order valence-corrected chi connectivity index (χ2v) is 4.91. The Morgan fingerprint density at radius 3 is 2.50 bits per heavy atom. The van der Waals surface area contributed by atoms with Crippen molar-refractivity contribution in [2.75, 3.05) is 21.0 Å². The molecule has 1 aliphatic rings. The number of ether oxygens (including phenoxy) is 4. The Balaban J connectivity index is 1.69. The van der Waals surface area contributed by atoms with Crippen molar-refractivity contribution in [2.45, 2.75) is 0 Å². The molecule has 0 spiro atoms. The monoisotopic (exact) mass is 328 g/mol. The summed E-state index contributed by atoms with van der Waals surface area (Å²) >= 11 is 0. The first kappa shape index (κ1) is 15.7. The quantitative estimate of drug-likeness (QED) is 0.672. The van der Waals surface area contributed by atoms with Crippen LogP contribution in [0, 0.1) is 0 Å². The molecule has 3 rings (SSSR count). The summed E-state index contributed by atoms with van der Waals surface area (Å²) in [5.41, 5.74) is 3.63. The molecule has 1 heterocycles. The first-order chi connectivity index (χ1) is 11.7. The zero-order valence-corrected chi connectivity index (χ0v) is 13.2. The van der Waals surface area contributed by atoms with Crippen molar-refractivity contribution < 1.29 is 23.7 Å². The molecule has 1 amide bonds. The third-order valence-electron chi connectivity index (χ3n) is 3.39. The van der Waals surface area contributed by atoms with Crippen LogP contribution in [0.3, 0.4) is 0 Å². The number of methoxy groups -OCH3 is 2. The van der Waals surface area contributed by atoms with Crippen LogP contribution in [0.1, 0.15) is 15.9 Å². The maximum atomic E-state index is 12.2. The normalized spacial score (nSPS) is 12.2. The maximum Gasteiger partial charge on any atom is 0.271 e. The number of hydrazone groups is 1. The van der Waals surface area contributed by atoms with Crippen LogP contribution in [0.2, 0.25) is 0 Å². The van der Waals surface area contributed by atoms with Crippen molar-refractivity contribution in [1.82, 2.24) is 5.43 Å². The van der Waals surface area contributed by atoms with Crippen LogP contribution in [0.5, 0.6) is 23.0 Å². The Morgan fingerprint density at radius 1 is 1.08 bits per heavy atom. The molecule has 0 saturated carbocycles. The number of fused-ring (bicyclic) bond motifs is 1. The molecule has 0 saturated heterocycles. The van der Waals surface area contributed by atoms with Crippen molar-refractivity contribution in [3.8, 4) is 23.0 Å². The van der Waals surface area contributed by atoms with E-state index in [9.17, 15) is 4.79 Å². The third-order valence-corrected chi connectivity index (χ3v) is 3.39. The highest BCUT2D eigenvalue weighted by atomic mass is 16.7. The van der Waals surface area contributed by atoms with E-state index in [1.54, 1.807) is 30.3 Å². The third kappa shape index (κ3) is 3.40. The molecule has 24 heavy (non-hydrogen) atoms. The lowest BCUT2D eigenvalue weighted by Gasteiger charge is -2.07. The summed E-state index contributed by atoms with van der Waals surface area (Å²) in [6.07, 6.45) is 1.53. The zero-order valence-electron chi connectivity index (χ0n) is 13.2. The fourth-order valence-corrected chi connectivity index (χ4v) is 2.16. The molecule has 2 aromatic carbocycles. The van der Waals surface area contributed by atoms with Crippen molar-refractivity contribution in [3.05, 3.63) is 47.5 Å². The minimum atomic E-state index is -0.371. The van der Waals surface area contributed by atoms with Gasteiger partial charge >= 0.3 is 0 Å². The first-order valence-electron chi connectivity index (χ1n) is 7.16. The van der Waals surface area contributed by atoms with Gasteiger partial charge in [0.1, 0.15) is 11.5 Å². The molecule has 124 valence electrons. The Labute approximate surface area is 138 Å². The molecule has 1 N–H and O–H groups in total. The second-order valence-electron chi connectivity index (χ2n) is 4.91. The topological polar surface area (TPSA) is 78.4 Å². The van der Waals surface area contributed by atoms with E-state index >= 15 is 0 Å². The van der Waals surface area contributed by atoms with Gasteiger partial charge in [-0.15, -0.1) is 0 Å². The molecule has 0 bridgehead atoms. The summed E-state index contributed by atoms with van der Waals surface area (Å²) in [6, 6.07) is 10.3. The van der Waals surface area contributed by atoms with E-state index in [1.165, 1.54) is 20.4 Å². The fraction of sp³-hybridized carbons (Fsp3) is 0.176. The smallest absolute Gasteiger partial charge is 0.271 e. The average molecular weight is 328 g/mol. The van der Waals surface area contributed by atoms with Gasteiger partial charge in [0.05, 0.1) is 20.4 Å². The number of rotatable bonds is 5.